The van der Waals surface area contributed by atoms with Crippen molar-refractivity contribution in [2.75, 3.05) is 0 Å². The maximum atomic E-state index is 5.92. The van der Waals surface area contributed by atoms with E-state index >= 15 is 0 Å². The van der Waals surface area contributed by atoms with Gasteiger partial charge >= 0.3 is 0 Å². The van der Waals surface area contributed by atoms with E-state index in [0.29, 0.717) is 6.61 Å². The molecule has 24 heavy (non-hydrogen) atoms. The van der Waals surface area contributed by atoms with Crippen LogP contribution in [-0.4, -0.2) is 0 Å². The fourth-order valence-corrected chi connectivity index (χ4v) is 2.87. The van der Waals surface area contributed by atoms with Gasteiger partial charge in [0.1, 0.15) is 12.4 Å². The van der Waals surface area contributed by atoms with E-state index in [1.165, 1.54) is 27.8 Å². The van der Waals surface area contributed by atoms with Crippen molar-refractivity contribution in [3.63, 3.8) is 0 Å². The van der Waals surface area contributed by atoms with Crippen LogP contribution in [0.25, 0.3) is 17.2 Å². The van der Waals surface area contributed by atoms with E-state index in [9.17, 15) is 0 Å². The Bertz CT molecular complexity index is 807. The van der Waals surface area contributed by atoms with Crippen LogP contribution in [0.2, 0.25) is 0 Å². The maximum absolute atomic E-state index is 5.92. The molecule has 0 N–H and O–H groups in total. The van der Waals surface area contributed by atoms with E-state index in [1.54, 1.807) is 0 Å². The number of ether oxygens (including phenoxy) is 1. The van der Waals surface area contributed by atoms with Gasteiger partial charge in [0.25, 0.3) is 0 Å². The van der Waals surface area contributed by atoms with Gasteiger partial charge in [0.15, 0.2) is 0 Å². The summed E-state index contributed by atoms with van der Waals surface area (Å²) in [7, 11) is 0. The van der Waals surface area contributed by atoms with Crippen LogP contribution in [0.5, 0.6) is 5.75 Å². The summed E-state index contributed by atoms with van der Waals surface area (Å²) in [6.45, 7) is 8.61. The Balaban J connectivity index is 1.68. The highest BCUT2D eigenvalue weighted by Gasteiger charge is 2.01. The fraction of sp³-hybridized carbons (Fsp3) is 0.130. The summed E-state index contributed by atoms with van der Waals surface area (Å²) in [5.74, 6) is 0.889. The molecule has 0 unspecified atom stereocenters. The van der Waals surface area contributed by atoms with Gasteiger partial charge in [0, 0.05) is 0 Å². The van der Waals surface area contributed by atoms with Crippen LogP contribution in [0.15, 0.2) is 73.3 Å². The lowest BCUT2D eigenvalue weighted by Crippen LogP contribution is -1.96. The lowest BCUT2D eigenvalue weighted by atomic mass is 10.0. The number of rotatable bonds is 5. The molecular formula is C23H22O. The number of hydrogen-bond donors (Lipinski definition) is 0. The van der Waals surface area contributed by atoms with Gasteiger partial charge in [0.05, 0.1) is 0 Å². The monoisotopic (exact) mass is 314 g/mol. The first-order valence-electron chi connectivity index (χ1n) is 8.17. The summed E-state index contributed by atoms with van der Waals surface area (Å²) in [5, 5.41) is 0. The second kappa shape index (κ2) is 7.18. The molecule has 0 saturated heterocycles. The van der Waals surface area contributed by atoms with Crippen molar-refractivity contribution in [2.24, 2.45) is 0 Å². The molecule has 0 aliphatic heterocycles. The van der Waals surface area contributed by atoms with E-state index in [4.69, 9.17) is 4.74 Å². The zero-order valence-electron chi connectivity index (χ0n) is 14.3. The molecule has 0 aliphatic carbocycles. The third-order valence-electron chi connectivity index (χ3n) is 4.02. The zero-order valence-corrected chi connectivity index (χ0v) is 14.3. The molecule has 3 aromatic carbocycles. The Morgan fingerprint density at radius 1 is 0.792 bits per heavy atom. The van der Waals surface area contributed by atoms with Crippen LogP contribution in [0.3, 0.4) is 0 Å². The van der Waals surface area contributed by atoms with Crippen molar-refractivity contribution in [1.29, 1.82) is 0 Å². The Morgan fingerprint density at radius 2 is 1.33 bits per heavy atom. The zero-order chi connectivity index (χ0) is 16.9. The quantitative estimate of drug-likeness (QED) is 0.545. The lowest BCUT2D eigenvalue weighted by Gasteiger charge is -2.09. The van der Waals surface area contributed by atoms with Gasteiger partial charge in [-0.2, -0.15) is 0 Å². The van der Waals surface area contributed by atoms with Gasteiger partial charge in [-0.25, -0.2) is 0 Å². The van der Waals surface area contributed by atoms with Crippen molar-refractivity contribution in [1.82, 2.24) is 0 Å². The molecule has 0 spiro atoms. The van der Waals surface area contributed by atoms with E-state index in [-0.39, 0.29) is 0 Å². The fourth-order valence-electron chi connectivity index (χ4n) is 2.87. The first-order valence-corrected chi connectivity index (χ1v) is 8.17. The Kier molecular flexibility index (Phi) is 4.81. The minimum atomic E-state index is 0.593. The van der Waals surface area contributed by atoms with E-state index in [2.05, 4.69) is 75.0 Å². The van der Waals surface area contributed by atoms with E-state index < -0.39 is 0 Å². The highest BCUT2D eigenvalue weighted by molar-refractivity contribution is 5.66. The lowest BCUT2D eigenvalue weighted by molar-refractivity contribution is 0.306. The second-order valence-electron chi connectivity index (χ2n) is 6.14. The standard InChI is InChI=1S/C23H22O/c1-4-19-5-7-21(8-6-19)22-9-11-23(12-10-22)24-16-20-14-17(2)13-18(3)15-20/h4-15H,1,16H2,2-3H3. The summed E-state index contributed by atoms with van der Waals surface area (Å²) >= 11 is 0. The summed E-state index contributed by atoms with van der Waals surface area (Å²) < 4.78 is 5.92. The average molecular weight is 314 g/mol. The molecule has 0 radical (unpaired) electrons. The highest BCUT2D eigenvalue weighted by atomic mass is 16.5. The number of hydrogen-bond acceptors (Lipinski definition) is 1. The summed E-state index contributed by atoms with van der Waals surface area (Å²) in [5.41, 5.74) is 7.26. The maximum Gasteiger partial charge on any atom is 0.119 e. The molecule has 0 heterocycles. The SMILES string of the molecule is C=Cc1ccc(-c2ccc(OCc3cc(C)cc(C)c3)cc2)cc1. The Labute approximate surface area is 144 Å². The predicted molar refractivity (Wildman–Crippen MR) is 102 cm³/mol. The van der Waals surface area contributed by atoms with Crippen molar-refractivity contribution in [2.45, 2.75) is 20.5 Å². The van der Waals surface area contributed by atoms with Crippen molar-refractivity contribution >= 4 is 6.08 Å². The van der Waals surface area contributed by atoms with Crippen molar-refractivity contribution in [3.05, 3.63) is 95.6 Å². The summed E-state index contributed by atoms with van der Waals surface area (Å²) in [6, 6.07) is 23.1. The molecule has 0 bridgehead atoms. The van der Waals surface area contributed by atoms with Crippen LogP contribution in [-0.2, 0) is 6.61 Å². The first kappa shape index (κ1) is 16.1. The Hall–Kier alpha value is -2.80. The highest BCUT2D eigenvalue weighted by Crippen LogP contribution is 2.23. The van der Waals surface area contributed by atoms with Gasteiger partial charge < -0.3 is 4.74 Å². The van der Waals surface area contributed by atoms with Crippen molar-refractivity contribution in [3.8, 4) is 16.9 Å². The molecule has 0 fully saturated rings. The van der Waals surface area contributed by atoms with E-state index in [1.807, 2.05) is 18.2 Å². The first-order chi connectivity index (χ1) is 11.6. The Morgan fingerprint density at radius 3 is 1.88 bits per heavy atom. The van der Waals surface area contributed by atoms with Crippen LogP contribution in [0.1, 0.15) is 22.3 Å². The molecule has 1 nitrogen and oxygen atoms in total. The summed E-state index contributed by atoms with van der Waals surface area (Å²) in [4.78, 5) is 0. The molecular weight excluding hydrogens is 292 g/mol. The predicted octanol–water partition coefficient (Wildman–Crippen LogP) is 6.19. The van der Waals surface area contributed by atoms with Crippen LogP contribution in [0, 0.1) is 13.8 Å². The molecule has 0 amide bonds. The van der Waals surface area contributed by atoms with Crippen molar-refractivity contribution < 1.29 is 4.74 Å². The molecule has 0 atom stereocenters. The molecule has 0 aliphatic rings. The van der Waals surface area contributed by atoms with Crippen LogP contribution in [0.4, 0.5) is 0 Å². The second-order valence-corrected chi connectivity index (χ2v) is 6.14. The molecule has 1 heteroatoms. The van der Waals surface area contributed by atoms with Gasteiger partial charge in [-0.1, -0.05) is 78.4 Å². The molecule has 3 aromatic rings. The normalized spacial score (nSPS) is 10.4. The van der Waals surface area contributed by atoms with Crippen LogP contribution >= 0.6 is 0 Å². The molecule has 3 rings (SSSR count). The average Bonchev–Trinajstić information content (AvgIpc) is 2.60. The molecule has 120 valence electrons. The molecule has 0 saturated carbocycles. The third-order valence-corrected chi connectivity index (χ3v) is 4.02. The smallest absolute Gasteiger partial charge is 0.119 e. The summed E-state index contributed by atoms with van der Waals surface area (Å²) in [6.07, 6.45) is 1.85. The van der Waals surface area contributed by atoms with Gasteiger partial charge in [-0.15, -0.1) is 0 Å². The van der Waals surface area contributed by atoms with Gasteiger partial charge in [-0.05, 0) is 48.2 Å². The van der Waals surface area contributed by atoms with Gasteiger partial charge in [0.2, 0.25) is 0 Å². The number of aryl methyl sites for hydroxylation is 2. The minimum Gasteiger partial charge on any atom is -0.489 e. The van der Waals surface area contributed by atoms with E-state index in [0.717, 1.165) is 11.3 Å². The largest absolute Gasteiger partial charge is 0.489 e. The topological polar surface area (TPSA) is 9.23 Å². The van der Waals surface area contributed by atoms with Gasteiger partial charge in [-0.3, -0.25) is 0 Å². The van der Waals surface area contributed by atoms with Crippen LogP contribution < -0.4 is 4.74 Å². The third kappa shape index (κ3) is 3.94. The molecule has 0 aromatic heterocycles. The number of benzene rings is 3. The minimum absolute atomic E-state index is 0.593.